The Labute approximate surface area is 351 Å². The highest BCUT2D eigenvalue weighted by atomic mass is 31.2. The molecule has 0 aliphatic heterocycles. The summed E-state index contributed by atoms with van der Waals surface area (Å²) < 4.78 is 22.1. The van der Waals surface area contributed by atoms with Crippen molar-refractivity contribution < 1.29 is 33.5 Å². The number of rotatable bonds is 45. The monoisotopic (exact) mass is 829 g/mol. The van der Waals surface area contributed by atoms with Gasteiger partial charge in [0.2, 0.25) is 5.91 Å². The van der Waals surface area contributed by atoms with Crippen LogP contribution in [0, 0.1) is 0 Å². The lowest BCUT2D eigenvalue weighted by Gasteiger charge is -2.24. The van der Waals surface area contributed by atoms with Gasteiger partial charge in [-0.25, -0.2) is 4.57 Å². The highest BCUT2D eigenvalue weighted by Crippen LogP contribution is 2.43. The van der Waals surface area contributed by atoms with Crippen molar-refractivity contribution in [2.24, 2.45) is 5.73 Å². The van der Waals surface area contributed by atoms with Gasteiger partial charge in [0.1, 0.15) is 0 Å². The second-order valence-electron chi connectivity index (χ2n) is 16.5. The van der Waals surface area contributed by atoms with Gasteiger partial charge in [0.15, 0.2) is 0 Å². The Hall–Kier alpha value is -1.06. The molecule has 9 nitrogen and oxygen atoms in total. The van der Waals surface area contributed by atoms with E-state index in [0.717, 1.165) is 51.4 Å². The molecule has 0 bridgehead atoms. The summed E-state index contributed by atoms with van der Waals surface area (Å²) in [5, 5.41) is 24.1. The third kappa shape index (κ3) is 41.5. The maximum absolute atomic E-state index is 12.8. The van der Waals surface area contributed by atoms with Crippen LogP contribution in [-0.2, 0) is 18.4 Å². The summed E-state index contributed by atoms with van der Waals surface area (Å²) in [7, 11) is -4.40. The lowest BCUT2D eigenvalue weighted by atomic mass is 10.0. The Bertz CT molecular complexity index is 966. The smallest absolute Gasteiger partial charge is 0.393 e. The van der Waals surface area contributed by atoms with E-state index in [1.165, 1.54) is 154 Å². The third-order valence-corrected chi connectivity index (χ3v) is 11.8. The first-order chi connectivity index (χ1) is 27.8. The molecule has 0 saturated carbocycles. The van der Waals surface area contributed by atoms with Crippen LogP contribution in [0.2, 0.25) is 0 Å². The lowest BCUT2D eigenvalue weighted by molar-refractivity contribution is -0.124. The summed E-state index contributed by atoms with van der Waals surface area (Å²) in [6, 6.07) is -0.983. The average Bonchev–Trinajstić information content (AvgIpc) is 3.19. The third-order valence-electron chi connectivity index (χ3n) is 10.8. The fourth-order valence-corrected chi connectivity index (χ4v) is 7.93. The summed E-state index contributed by atoms with van der Waals surface area (Å²) in [6.07, 6.45) is 46.9. The molecule has 0 aromatic rings. The summed E-state index contributed by atoms with van der Waals surface area (Å²) in [5.41, 5.74) is 5.37. The Kier molecular flexibility index (Phi) is 42.2. The SMILES string of the molecule is CCCCCCCCCCCC/C=C\CCCCCCCC(O)CC(=O)NC(COP(=O)(O)OCCN)C(O)/C=C/CCCCCCCCCCCCCCCC. The van der Waals surface area contributed by atoms with E-state index < -0.39 is 38.6 Å². The van der Waals surface area contributed by atoms with Crippen LogP contribution in [-0.4, -0.2) is 59.0 Å². The van der Waals surface area contributed by atoms with E-state index in [4.69, 9.17) is 14.8 Å². The normalized spacial score (nSPS) is 14.7. The van der Waals surface area contributed by atoms with Gasteiger partial charge in [-0.15, -0.1) is 0 Å². The number of carbonyl (C=O) groups is 1. The average molecular weight is 829 g/mol. The number of carbonyl (C=O) groups excluding carboxylic acids is 1. The first-order valence-corrected chi connectivity index (χ1v) is 25.5. The van der Waals surface area contributed by atoms with Crippen LogP contribution in [0.1, 0.15) is 232 Å². The van der Waals surface area contributed by atoms with Gasteiger partial charge in [-0.1, -0.05) is 205 Å². The molecule has 0 aromatic carbocycles. The minimum absolute atomic E-state index is 0.0490. The highest BCUT2D eigenvalue weighted by molar-refractivity contribution is 7.47. The molecule has 0 saturated heterocycles. The van der Waals surface area contributed by atoms with Gasteiger partial charge < -0.3 is 26.2 Å². The molecular weight excluding hydrogens is 735 g/mol. The van der Waals surface area contributed by atoms with E-state index in [9.17, 15) is 24.5 Å². The van der Waals surface area contributed by atoms with E-state index >= 15 is 0 Å². The van der Waals surface area contributed by atoms with E-state index in [1.807, 2.05) is 6.08 Å². The van der Waals surface area contributed by atoms with Crippen molar-refractivity contribution in [2.75, 3.05) is 19.8 Å². The Morgan fingerprint density at radius 3 is 1.40 bits per heavy atom. The van der Waals surface area contributed by atoms with E-state index in [0.29, 0.717) is 6.42 Å². The molecular formula is C47H93N2O7P. The zero-order valence-electron chi connectivity index (χ0n) is 37.2. The zero-order valence-corrected chi connectivity index (χ0v) is 38.1. The number of aliphatic hydroxyl groups is 2. The molecule has 0 fully saturated rings. The summed E-state index contributed by atoms with van der Waals surface area (Å²) in [6.45, 7) is 3.99. The van der Waals surface area contributed by atoms with Gasteiger partial charge in [0.05, 0.1) is 37.9 Å². The summed E-state index contributed by atoms with van der Waals surface area (Å²) >= 11 is 0. The van der Waals surface area contributed by atoms with Crippen molar-refractivity contribution in [1.29, 1.82) is 0 Å². The number of phosphoric acid groups is 1. The minimum Gasteiger partial charge on any atom is -0.393 e. The Morgan fingerprint density at radius 1 is 0.596 bits per heavy atom. The highest BCUT2D eigenvalue weighted by Gasteiger charge is 2.27. The van der Waals surface area contributed by atoms with Crippen LogP contribution in [0.15, 0.2) is 24.3 Å². The molecule has 338 valence electrons. The number of aliphatic hydroxyl groups excluding tert-OH is 2. The van der Waals surface area contributed by atoms with Crippen molar-refractivity contribution in [3.8, 4) is 0 Å². The molecule has 10 heteroatoms. The van der Waals surface area contributed by atoms with E-state index in [-0.39, 0.29) is 19.6 Å². The van der Waals surface area contributed by atoms with E-state index in [1.54, 1.807) is 6.08 Å². The summed E-state index contributed by atoms with van der Waals surface area (Å²) in [4.78, 5) is 22.8. The second kappa shape index (κ2) is 43.0. The quantitative estimate of drug-likeness (QED) is 0.0231. The fourth-order valence-electron chi connectivity index (χ4n) is 7.17. The number of amides is 1. The van der Waals surface area contributed by atoms with Gasteiger partial charge in [0.25, 0.3) is 0 Å². The number of nitrogens with one attached hydrogen (secondary N) is 1. The van der Waals surface area contributed by atoms with Crippen molar-refractivity contribution in [3.05, 3.63) is 24.3 Å². The number of hydrogen-bond donors (Lipinski definition) is 5. The van der Waals surface area contributed by atoms with Crippen molar-refractivity contribution >= 4 is 13.7 Å². The second-order valence-corrected chi connectivity index (χ2v) is 18.0. The largest absolute Gasteiger partial charge is 0.472 e. The van der Waals surface area contributed by atoms with Gasteiger partial charge >= 0.3 is 7.82 Å². The maximum atomic E-state index is 12.8. The van der Waals surface area contributed by atoms with Gasteiger partial charge in [0, 0.05) is 6.54 Å². The van der Waals surface area contributed by atoms with Crippen molar-refractivity contribution in [1.82, 2.24) is 5.32 Å². The standard InChI is InChI=1S/C47H93N2O7P/c1-3-5-7-9-11-13-15-17-19-21-22-23-24-26-28-30-32-34-36-38-44(50)42-47(52)49-45(43-56-57(53,54)55-41-40-48)46(51)39-37-35-33-31-29-27-25-20-18-16-14-12-10-8-6-4-2/h23-24,37,39,44-46,50-51H,3-22,25-36,38,40-43,48H2,1-2H3,(H,49,52)(H,53,54)/b24-23-,39-37+. The molecule has 6 N–H and O–H groups in total. The summed E-state index contributed by atoms with van der Waals surface area (Å²) in [5.74, 6) is -0.448. The minimum atomic E-state index is -4.40. The first kappa shape index (κ1) is 55.9. The molecule has 0 spiro atoms. The fraction of sp³-hybridized carbons (Fsp3) is 0.894. The number of unbranched alkanes of at least 4 members (excludes halogenated alkanes) is 29. The van der Waals surface area contributed by atoms with E-state index in [2.05, 4.69) is 31.3 Å². The predicted octanol–water partition coefficient (Wildman–Crippen LogP) is 12.7. The predicted molar refractivity (Wildman–Crippen MR) is 241 cm³/mol. The maximum Gasteiger partial charge on any atom is 0.472 e. The molecule has 0 aliphatic carbocycles. The topological polar surface area (TPSA) is 151 Å². The Morgan fingerprint density at radius 2 is 0.982 bits per heavy atom. The van der Waals surface area contributed by atoms with Crippen LogP contribution in [0.4, 0.5) is 0 Å². The van der Waals surface area contributed by atoms with Crippen LogP contribution >= 0.6 is 7.82 Å². The number of nitrogens with two attached hydrogens (primary N) is 1. The zero-order chi connectivity index (χ0) is 41.9. The van der Waals surface area contributed by atoms with Crippen LogP contribution in [0.3, 0.4) is 0 Å². The molecule has 57 heavy (non-hydrogen) atoms. The Balaban J connectivity index is 4.25. The number of hydrogen-bond acceptors (Lipinski definition) is 7. The van der Waals surface area contributed by atoms with Gasteiger partial charge in [-0.2, -0.15) is 0 Å². The molecule has 4 atom stereocenters. The van der Waals surface area contributed by atoms with Gasteiger partial charge in [-0.05, 0) is 44.9 Å². The van der Waals surface area contributed by atoms with Crippen molar-refractivity contribution in [3.63, 3.8) is 0 Å². The van der Waals surface area contributed by atoms with Crippen LogP contribution < -0.4 is 11.1 Å². The molecule has 0 aromatic heterocycles. The lowest BCUT2D eigenvalue weighted by Crippen LogP contribution is -2.46. The van der Waals surface area contributed by atoms with Crippen LogP contribution in [0.25, 0.3) is 0 Å². The number of phosphoric ester groups is 1. The molecule has 4 unspecified atom stereocenters. The molecule has 0 radical (unpaired) electrons. The van der Waals surface area contributed by atoms with Crippen LogP contribution in [0.5, 0.6) is 0 Å². The molecule has 0 heterocycles. The first-order valence-electron chi connectivity index (χ1n) is 24.0. The van der Waals surface area contributed by atoms with Crippen molar-refractivity contribution in [2.45, 2.75) is 250 Å². The van der Waals surface area contributed by atoms with Gasteiger partial charge in [-0.3, -0.25) is 13.8 Å². The molecule has 1 amide bonds. The number of allylic oxidation sites excluding steroid dienone is 3. The molecule has 0 rings (SSSR count). The molecule has 0 aliphatic rings.